The minimum atomic E-state index is -0.103. The highest BCUT2D eigenvalue weighted by atomic mass is 35.5. The van der Waals surface area contributed by atoms with Crippen molar-refractivity contribution in [2.75, 3.05) is 44.8 Å². The monoisotopic (exact) mass is 412 g/mol. The van der Waals surface area contributed by atoms with Crippen LogP contribution in [0.1, 0.15) is 17.4 Å². The van der Waals surface area contributed by atoms with E-state index in [-0.39, 0.29) is 6.04 Å². The molecule has 1 saturated heterocycles. The van der Waals surface area contributed by atoms with Crippen LogP contribution in [-0.2, 0) is 11.3 Å². The molecular weight excluding hydrogens is 388 g/mol. The lowest BCUT2D eigenvalue weighted by Crippen LogP contribution is -2.48. The molecule has 1 aliphatic heterocycles. The van der Waals surface area contributed by atoms with Gasteiger partial charge >= 0.3 is 0 Å². The Morgan fingerprint density at radius 3 is 2.45 bits per heavy atom. The minimum Gasteiger partial charge on any atom is -0.383 e. The van der Waals surface area contributed by atoms with Gasteiger partial charge in [0.15, 0.2) is 5.82 Å². The van der Waals surface area contributed by atoms with E-state index in [0.717, 1.165) is 42.6 Å². The summed E-state index contributed by atoms with van der Waals surface area (Å²) in [5.74, 6) is 0.795. The first-order valence-electron chi connectivity index (χ1n) is 9.81. The molecule has 1 fully saturated rings. The lowest BCUT2D eigenvalue weighted by Gasteiger charge is -2.40. The van der Waals surface area contributed by atoms with Gasteiger partial charge in [-0.1, -0.05) is 48.0 Å². The first-order valence-corrected chi connectivity index (χ1v) is 10.2. The lowest BCUT2D eigenvalue weighted by molar-refractivity contribution is 0.172. The maximum Gasteiger partial charge on any atom is 0.173 e. The van der Waals surface area contributed by atoms with Crippen molar-refractivity contribution in [2.24, 2.45) is 0 Å². The van der Waals surface area contributed by atoms with E-state index in [0.29, 0.717) is 13.2 Å². The lowest BCUT2D eigenvalue weighted by atomic mass is 10.0. The number of methoxy groups -OCH3 is 1. The van der Waals surface area contributed by atoms with Crippen molar-refractivity contribution in [1.82, 2.24) is 25.1 Å². The van der Waals surface area contributed by atoms with Crippen LogP contribution in [0.3, 0.4) is 0 Å². The van der Waals surface area contributed by atoms with Gasteiger partial charge in [0.05, 0.1) is 19.2 Å². The van der Waals surface area contributed by atoms with Crippen molar-refractivity contribution in [3.05, 3.63) is 71.0 Å². The van der Waals surface area contributed by atoms with Gasteiger partial charge in [-0.05, 0) is 34.2 Å². The minimum absolute atomic E-state index is 0.103. The smallest absolute Gasteiger partial charge is 0.173 e. The number of hydrogen-bond acceptors (Lipinski definition) is 6. The number of piperazine rings is 1. The molecule has 2 aromatic carbocycles. The summed E-state index contributed by atoms with van der Waals surface area (Å²) in [4.78, 5) is 4.82. The van der Waals surface area contributed by atoms with Crippen LogP contribution in [0.2, 0.25) is 5.02 Å². The summed E-state index contributed by atoms with van der Waals surface area (Å²) in [7, 11) is 1.68. The Hall–Kier alpha value is -2.48. The predicted molar refractivity (Wildman–Crippen MR) is 113 cm³/mol. The molecule has 0 spiro atoms. The third-order valence-corrected chi connectivity index (χ3v) is 5.66. The first-order chi connectivity index (χ1) is 14.3. The molecule has 4 rings (SSSR count). The molecule has 8 heteroatoms. The number of rotatable bonds is 7. The summed E-state index contributed by atoms with van der Waals surface area (Å²) in [6.45, 7) is 4.80. The summed E-state index contributed by atoms with van der Waals surface area (Å²) in [6.07, 6.45) is 0. The van der Waals surface area contributed by atoms with Gasteiger partial charge in [-0.2, -0.15) is 0 Å². The van der Waals surface area contributed by atoms with Gasteiger partial charge in [0, 0.05) is 44.0 Å². The van der Waals surface area contributed by atoms with E-state index in [9.17, 15) is 0 Å². The van der Waals surface area contributed by atoms with Crippen LogP contribution in [0, 0.1) is 0 Å². The van der Waals surface area contributed by atoms with Gasteiger partial charge in [-0.3, -0.25) is 4.90 Å². The van der Waals surface area contributed by atoms with Crippen LogP contribution in [-0.4, -0.2) is 65.0 Å². The van der Waals surface area contributed by atoms with Gasteiger partial charge in [0.2, 0.25) is 0 Å². The van der Waals surface area contributed by atoms with E-state index in [2.05, 4.69) is 55.7 Å². The average molecular weight is 413 g/mol. The zero-order valence-corrected chi connectivity index (χ0v) is 17.2. The van der Waals surface area contributed by atoms with E-state index >= 15 is 0 Å². The van der Waals surface area contributed by atoms with Crippen molar-refractivity contribution >= 4 is 17.3 Å². The number of halogens is 1. The van der Waals surface area contributed by atoms with Gasteiger partial charge in [0.1, 0.15) is 0 Å². The quantitative estimate of drug-likeness (QED) is 0.594. The number of benzene rings is 2. The van der Waals surface area contributed by atoms with Crippen molar-refractivity contribution in [3.63, 3.8) is 0 Å². The highest BCUT2D eigenvalue weighted by Gasteiger charge is 2.31. The number of hydrogen-bond donors (Lipinski definition) is 0. The van der Waals surface area contributed by atoms with E-state index < -0.39 is 0 Å². The summed E-state index contributed by atoms with van der Waals surface area (Å²) < 4.78 is 7.05. The largest absolute Gasteiger partial charge is 0.383 e. The van der Waals surface area contributed by atoms with E-state index in [1.165, 1.54) is 5.69 Å². The van der Waals surface area contributed by atoms with Crippen LogP contribution < -0.4 is 4.90 Å². The van der Waals surface area contributed by atoms with Crippen molar-refractivity contribution in [2.45, 2.75) is 12.6 Å². The van der Waals surface area contributed by atoms with Crippen LogP contribution in [0.25, 0.3) is 0 Å². The van der Waals surface area contributed by atoms with Gasteiger partial charge in [-0.15, -0.1) is 5.10 Å². The van der Waals surface area contributed by atoms with Crippen LogP contribution in [0.5, 0.6) is 0 Å². The molecule has 0 unspecified atom stereocenters. The zero-order chi connectivity index (χ0) is 20.1. The standard InChI is InChI=1S/C21H25ClN6O/c1-29-16-15-28-21(23-24-25-28)20(18-9-5-6-10-19(18)22)27-13-11-26(12-14-27)17-7-3-2-4-8-17/h2-10,20H,11-16H2,1H3/t20-/m1/s1. The van der Waals surface area contributed by atoms with Gasteiger partial charge in [0.25, 0.3) is 0 Å². The molecule has 2 heterocycles. The van der Waals surface area contributed by atoms with Crippen molar-refractivity contribution in [1.29, 1.82) is 0 Å². The number of tetrazole rings is 1. The van der Waals surface area contributed by atoms with E-state index in [1.807, 2.05) is 28.9 Å². The Morgan fingerprint density at radius 1 is 1.00 bits per heavy atom. The van der Waals surface area contributed by atoms with Crippen molar-refractivity contribution in [3.8, 4) is 0 Å². The zero-order valence-electron chi connectivity index (χ0n) is 16.5. The number of nitrogens with zero attached hydrogens (tertiary/aromatic N) is 6. The second kappa shape index (κ2) is 9.35. The highest BCUT2D eigenvalue weighted by molar-refractivity contribution is 6.31. The highest BCUT2D eigenvalue weighted by Crippen LogP contribution is 2.33. The molecule has 0 radical (unpaired) electrons. The predicted octanol–water partition coefficient (Wildman–Crippen LogP) is 2.88. The fraction of sp³-hybridized carbons (Fsp3) is 0.381. The molecule has 0 amide bonds. The second-order valence-electron chi connectivity index (χ2n) is 7.04. The second-order valence-corrected chi connectivity index (χ2v) is 7.44. The van der Waals surface area contributed by atoms with Crippen LogP contribution >= 0.6 is 11.6 Å². The van der Waals surface area contributed by atoms with Gasteiger partial charge < -0.3 is 9.64 Å². The van der Waals surface area contributed by atoms with Crippen molar-refractivity contribution < 1.29 is 4.74 Å². The molecule has 3 aromatic rings. The number of ether oxygens (including phenoxy) is 1. The SMILES string of the molecule is COCCn1nnnc1[C@@H](c1ccccc1Cl)N1CCN(c2ccccc2)CC1. The molecule has 1 atom stereocenters. The number of para-hydroxylation sites is 1. The first kappa shape index (κ1) is 19.8. The number of anilines is 1. The van der Waals surface area contributed by atoms with Crippen LogP contribution in [0.15, 0.2) is 54.6 Å². The molecule has 0 saturated carbocycles. The Balaban J connectivity index is 1.60. The molecule has 0 bridgehead atoms. The maximum atomic E-state index is 6.60. The molecule has 0 N–H and O–H groups in total. The summed E-state index contributed by atoms with van der Waals surface area (Å²) >= 11 is 6.60. The summed E-state index contributed by atoms with van der Waals surface area (Å²) in [5, 5.41) is 13.2. The fourth-order valence-corrected chi connectivity index (χ4v) is 4.06. The van der Waals surface area contributed by atoms with E-state index in [4.69, 9.17) is 16.3 Å². The normalized spacial score (nSPS) is 16.1. The molecule has 152 valence electrons. The van der Waals surface area contributed by atoms with E-state index in [1.54, 1.807) is 7.11 Å². The number of aromatic nitrogens is 4. The molecule has 7 nitrogen and oxygen atoms in total. The van der Waals surface area contributed by atoms with Crippen LogP contribution in [0.4, 0.5) is 5.69 Å². The molecule has 1 aliphatic rings. The summed E-state index contributed by atoms with van der Waals surface area (Å²) in [5.41, 5.74) is 2.28. The maximum absolute atomic E-state index is 6.60. The Bertz CT molecular complexity index is 910. The Morgan fingerprint density at radius 2 is 1.72 bits per heavy atom. The molecule has 0 aliphatic carbocycles. The average Bonchev–Trinajstić information content (AvgIpc) is 3.23. The third kappa shape index (κ3) is 4.42. The van der Waals surface area contributed by atoms with Gasteiger partial charge in [-0.25, -0.2) is 4.68 Å². The molecule has 1 aromatic heterocycles. The summed E-state index contributed by atoms with van der Waals surface area (Å²) in [6, 6.07) is 18.4. The third-order valence-electron chi connectivity index (χ3n) is 5.31. The molecular formula is C21H25ClN6O. The topological polar surface area (TPSA) is 59.3 Å². The fourth-order valence-electron chi connectivity index (χ4n) is 3.82. The Labute approximate surface area is 175 Å². The molecule has 29 heavy (non-hydrogen) atoms. The Kier molecular flexibility index (Phi) is 6.39.